The summed E-state index contributed by atoms with van der Waals surface area (Å²) in [5, 5.41) is 3.05. The van der Waals surface area contributed by atoms with Crippen LogP contribution in [0.25, 0.3) is 16.0 Å². The van der Waals surface area contributed by atoms with E-state index in [2.05, 4.69) is 72.7 Å². The highest BCUT2D eigenvalue weighted by Crippen LogP contribution is 2.30. The fourth-order valence-electron chi connectivity index (χ4n) is 2.40. The lowest BCUT2D eigenvalue weighted by Crippen LogP contribution is -1.86. The van der Waals surface area contributed by atoms with Crippen molar-refractivity contribution in [3.8, 4) is 0 Å². The maximum Gasteiger partial charge on any atom is 0.195 e. The number of nitrogens with zero attached hydrogens (tertiary/aromatic N) is 3. The van der Waals surface area contributed by atoms with Crippen LogP contribution < -0.4 is 0 Å². The SMILES string of the molecule is Cc1ccc2nc(SCc3nc4scc(C)n4c3Br)[nH]c2c1. The van der Waals surface area contributed by atoms with Gasteiger partial charge in [0.15, 0.2) is 10.1 Å². The Balaban J connectivity index is 1.61. The predicted molar refractivity (Wildman–Crippen MR) is 95.9 cm³/mol. The molecule has 0 aliphatic rings. The number of thioether (sulfide) groups is 1. The molecule has 0 saturated heterocycles. The smallest absolute Gasteiger partial charge is 0.195 e. The monoisotopic (exact) mass is 392 g/mol. The average molecular weight is 393 g/mol. The Labute approximate surface area is 144 Å². The molecule has 1 aromatic carbocycles. The number of aryl methyl sites for hydroxylation is 2. The van der Waals surface area contributed by atoms with E-state index in [1.807, 2.05) is 0 Å². The van der Waals surface area contributed by atoms with E-state index in [4.69, 9.17) is 0 Å². The highest BCUT2D eigenvalue weighted by molar-refractivity contribution is 9.10. The maximum atomic E-state index is 4.69. The molecule has 3 aromatic heterocycles. The second-order valence-electron chi connectivity index (χ2n) is 5.20. The van der Waals surface area contributed by atoms with Crippen LogP contribution in [0.5, 0.6) is 0 Å². The maximum absolute atomic E-state index is 4.69. The molecule has 112 valence electrons. The Morgan fingerprint density at radius 2 is 2.18 bits per heavy atom. The summed E-state index contributed by atoms with van der Waals surface area (Å²) in [6.45, 7) is 4.18. The van der Waals surface area contributed by atoms with Gasteiger partial charge in [-0.3, -0.25) is 4.40 Å². The molecular weight excluding hydrogens is 380 g/mol. The predicted octanol–water partition coefficient (Wildman–Crippen LogP) is 4.94. The van der Waals surface area contributed by atoms with Gasteiger partial charge >= 0.3 is 0 Å². The Bertz CT molecular complexity index is 982. The fourth-order valence-corrected chi connectivity index (χ4v) is 5.08. The van der Waals surface area contributed by atoms with Crippen LogP contribution in [0.2, 0.25) is 0 Å². The molecule has 0 radical (unpaired) electrons. The summed E-state index contributed by atoms with van der Waals surface area (Å²) in [6, 6.07) is 6.26. The van der Waals surface area contributed by atoms with Gasteiger partial charge in [-0.25, -0.2) is 9.97 Å². The minimum absolute atomic E-state index is 0.785. The van der Waals surface area contributed by atoms with Gasteiger partial charge in [-0.1, -0.05) is 17.8 Å². The van der Waals surface area contributed by atoms with Crippen LogP contribution in [0.3, 0.4) is 0 Å². The highest BCUT2D eigenvalue weighted by atomic mass is 79.9. The molecule has 0 aliphatic carbocycles. The van der Waals surface area contributed by atoms with E-state index in [0.29, 0.717) is 0 Å². The lowest BCUT2D eigenvalue weighted by atomic mass is 10.2. The van der Waals surface area contributed by atoms with E-state index >= 15 is 0 Å². The number of thiazole rings is 1. The van der Waals surface area contributed by atoms with E-state index in [0.717, 1.165) is 37.2 Å². The van der Waals surface area contributed by atoms with Crippen LogP contribution in [-0.4, -0.2) is 19.4 Å². The van der Waals surface area contributed by atoms with Gasteiger partial charge < -0.3 is 4.98 Å². The van der Waals surface area contributed by atoms with Crippen molar-refractivity contribution in [3.05, 3.63) is 45.1 Å². The third kappa shape index (κ3) is 2.37. The molecule has 0 fully saturated rings. The van der Waals surface area contributed by atoms with Crippen LogP contribution in [0.1, 0.15) is 17.0 Å². The molecule has 0 amide bonds. The lowest BCUT2D eigenvalue weighted by molar-refractivity contribution is 1.07. The van der Waals surface area contributed by atoms with Gasteiger partial charge in [-0.15, -0.1) is 11.3 Å². The van der Waals surface area contributed by atoms with E-state index in [1.165, 1.54) is 11.3 Å². The summed E-state index contributed by atoms with van der Waals surface area (Å²) in [4.78, 5) is 13.7. The first-order chi connectivity index (χ1) is 10.6. The quantitative estimate of drug-likeness (QED) is 0.502. The van der Waals surface area contributed by atoms with Gasteiger partial charge in [0.25, 0.3) is 0 Å². The van der Waals surface area contributed by atoms with E-state index < -0.39 is 0 Å². The van der Waals surface area contributed by atoms with Gasteiger partial charge in [0, 0.05) is 16.8 Å². The third-order valence-electron chi connectivity index (χ3n) is 3.51. The van der Waals surface area contributed by atoms with E-state index in [9.17, 15) is 0 Å². The molecule has 0 spiro atoms. The molecule has 0 saturated carbocycles. The van der Waals surface area contributed by atoms with Crippen molar-refractivity contribution in [1.29, 1.82) is 0 Å². The van der Waals surface area contributed by atoms with Gasteiger partial charge in [0.1, 0.15) is 4.60 Å². The number of aromatic nitrogens is 4. The molecule has 4 aromatic rings. The zero-order chi connectivity index (χ0) is 15.3. The normalized spacial score (nSPS) is 11.8. The summed E-state index contributed by atoms with van der Waals surface area (Å²) in [6.07, 6.45) is 0. The molecule has 0 unspecified atom stereocenters. The number of benzene rings is 1. The summed E-state index contributed by atoms with van der Waals surface area (Å²) < 4.78 is 3.18. The van der Waals surface area contributed by atoms with E-state index in [1.54, 1.807) is 23.1 Å². The van der Waals surface area contributed by atoms with Crippen molar-refractivity contribution >= 4 is 55.0 Å². The van der Waals surface area contributed by atoms with Crippen LogP contribution in [0, 0.1) is 13.8 Å². The number of rotatable bonds is 3. The molecule has 7 heteroatoms. The minimum atomic E-state index is 0.785. The molecular formula is C15H13BrN4S2. The van der Waals surface area contributed by atoms with Crippen molar-refractivity contribution in [3.63, 3.8) is 0 Å². The van der Waals surface area contributed by atoms with Crippen molar-refractivity contribution in [2.24, 2.45) is 0 Å². The number of hydrogen-bond donors (Lipinski definition) is 1. The molecule has 4 nitrogen and oxygen atoms in total. The Hall–Kier alpha value is -1.31. The molecule has 0 bridgehead atoms. The summed E-state index contributed by atoms with van der Waals surface area (Å²) in [5.74, 6) is 0.785. The Morgan fingerprint density at radius 1 is 1.32 bits per heavy atom. The van der Waals surface area contributed by atoms with Gasteiger partial charge in [-0.2, -0.15) is 0 Å². The first-order valence-electron chi connectivity index (χ1n) is 6.82. The average Bonchev–Trinajstić information content (AvgIpc) is 3.13. The molecule has 0 aliphatic heterocycles. The summed E-state index contributed by atoms with van der Waals surface area (Å²) in [5.41, 5.74) is 5.59. The number of nitrogens with one attached hydrogen (secondary N) is 1. The molecule has 22 heavy (non-hydrogen) atoms. The zero-order valence-electron chi connectivity index (χ0n) is 12.1. The molecule has 4 rings (SSSR count). The number of H-pyrrole nitrogens is 1. The molecule has 1 N–H and O–H groups in total. The number of aromatic amines is 1. The Kier molecular flexibility index (Phi) is 3.51. The van der Waals surface area contributed by atoms with Crippen LogP contribution in [0.4, 0.5) is 0 Å². The lowest BCUT2D eigenvalue weighted by Gasteiger charge is -1.97. The van der Waals surface area contributed by atoms with Crippen LogP contribution >= 0.6 is 39.0 Å². The first kappa shape index (κ1) is 14.3. The van der Waals surface area contributed by atoms with Crippen molar-refractivity contribution in [2.45, 2.75) is 24.8 Å². The highest BCUT2D eigenvalue weighted by Gasteiger charge is 2.14. The van der Waals surface area contributed by atoms with Crippen molar-refractivity contribution < 1.29 is 0 Å². The number of halogens is 1. The standard InChI is InChI=1S/C15H13BrN4S2/c1-8-3-4-10-11(5-8)18-14(17-10)21-7-12-13(16)20-9(2)6-22-15(20)19-12/h3-6H,7H2,1-2H3,(H,17,18). The van der Waals surface area contributed by atoms with Crippen LogP contribution in [-0.2, 0) is 5.75 Å². The number of fused-ring (bicyclic) bond motifs is 2. The third-order valence-corrected chi connectivity index (χ3v) is 6.15. The summed E-state index contributed by atoms with van der Waals surface area (Å²) >= 11 is 7.00. The van der Waals surface area contributed by atoms with Gasteiger partial charge in [0.2, 0.25) is 0 Å². The molecule has 0 atom stereocenters. The van der Waals surface area contributed by atoms with Crippen molar-refractivity contribution in [2.75, 3.05) is 0 Å². The van der Waals surface area contributed by atoms with Gasteiger partial charge in [-0.05, 0) is 47.5 Å². The summed E-state index contributed by atoms with van der Waals surface area (Å²) in [7, 11) is 0. The number of hydrogen-bond acceptors (Lipinski definition) is 4. The minimum Gasteiger partial charge on any atom is -0.333 e. The Morgan fingerprint density at radius 3 is 3.00 bits per heavy atom. The number of imidazole rings is 2. The van der Waals surface area contributed by atoms with E-state index in [-0.39, 0.29) is 0 Å². The molecule has 3 heterocycles. The van der Waals surface area contributed by atoms with Crippen LogP contribution in [0.15, 0.2) is 33.3 Å². The topological polar surface area (TPSA) is 46.0 Å². The zero-order valence-corrected chi connectivity index (χ0v) is 15.3. The largest absolute Gasteiger partial charge is 0.333 e. The van der Waals surface area contributed by atoms with Crippen molar-refractivity contribution in [1.82, 2.24) is 19.4 Å². The first-order valence-corrected chi connectivity index (χ1v) is 9.48. The second-order valence-corrected chi connectivity index (χ2v) is 7.75. The second kappa shape index (κ2) is 5.40. The van der Waals surface area contributed by atoms with Gasteiger partial charge in [0.05, 0.1) is 16.7 Å². The fraction of sp³-hybridized carbons (Fsp3) is 0.200.